The fraction of sp³-hybridized carbons (Fsp3) is 0.333. The van der Waals surface area contributed by atoms with Gasteiger partial charge in [-0.1, -0.05) is 31.5 Å². The summed E-state index contributed by atoms with van der Waals surface area (Å²) in [5.74, 6) is -1.73. The number of aryl methyl sites for hydroxylation is 1. The predicted molar refractivity (Wildman–Crippen MR) is 106 cm³/mol. The van der Waals surface area contributed by atoms with Gasteiger partial charge < -0.3 is 9.47 Å². The van der Waals surface area contributed by atoms with Crippen molar-refractivity contribution in [2.24, 2.45) is 0 Å². The van der Waals surface area contributed by atoms with E-state index < -0.39 is 23.1 Å². The minimum Gasteiger partial charge on any atom is -0.331 e. The third kappa shape index (κ3) is 4.02. The molecule has 0 radical (unpaired) electrons. The first kappa shape index (κ1) is 20.3. The largest absolute Gasteiger partial charge is 0.331 e. The number of amides is 1. The topological polar surface area (TPSA) is 38.1 Å². The summed E-state index contributed by atoms with van der Waals surface area (Å²) in [7, 11) is 0. The normalized spacial score (nSPS) is 11.2. The Bertz CT molecular complexity index is 982. The van der Waals surface area contributed by atoms with Gasteiger partial charge >= 0.3 is 0 Å². The summed E-state index contributed by atoms with van der Waals surface area (Å²) in [5, 5.41) is 0.603. The van der Waals surface area contributed by atoms with E-state index in [4.69, 9.17) is 11.6 Å². The van der Waals surface area contributed by atoms with Crippen molar-refractivity contribution >= 4 is 28.5 Å². The second kappa shape index (κ2) is 8.69. The summed E-state index contributed by atoms with van der Waals surface area (Å²) in [6.07, 6.45) is 1.52. The Morgan fingerprint density at radius 2 is 1.86 bits per heavy atom. The van der Waals surface area contributed by atoms with Gasteiger partial charge in [0.1, 0.15) is 23.0 Å². The molecule has 3 rings (SSSR count). The van der Waals surface area contributed by atoms with Gasteiger partial charge in [-0.3, -0.25) is 4.79 Å². The van der Waals surface area contributed by atoms with Crippen LogP contribution in [0, 0.1) is 11.6 Å². The molecule has 4 nitrogen and oxygen atoms in total. The van der Waals surface area contributed by atoms with E-state index in [1.165, 1.54) is 11.0 Å². The average molecular weight is 406 g/mol. The van der Waals surface area contributed by atoms with Crippen molar-refractivity contribution in [3.05, 3.63) is 64.4 Å². The Balaban J connectivity index is 2.01. The van der Waals surface area contributed by atoms with Crippen molar-refractivity contribution in [2.75, 3.05) is 6.54 Å². The van der Waals surface area contributed by atoms with Gasteiger partial charge in [-0.25, -0.2) is 13.8 Å². The fourth-order valence-corrected chi connectivity index (χ4v) is 3.46. The van der Waals surface area contributed by atoms with Gasteiger partial charge in [-0.05, 0) is 43.2 Å². The van der Waals surface area contributed by atoms with E-state index in [1.807, 2.05) is 30.5 Å². The summed E-state index contributed by atoms with van der Waals surface area (Å²) >= 11 is 6.13. The third-order valence-electron chi connectivity index (χ3n) is 4.53. The molecular weight excluding hydrogens is 384 g/mol. The van der Waals surface area contributed by atoms with Gasteiger partial charge in [0.05, 0.1) is 17.6 Å². The van der Waals surface area contributed by atoms with Gasteiger partial charge in [0.2, 0.25) is 0 Å². The lowest BCUT2D eigenvalue weighted by atomic mass is 10.1. The lowest BCUT2D eigenvalue weighted by Crippen LogP contribution is -2.33. The van der Waals surface area contributed by atoms with Crippen LogP contribution in [0.3, 0.4) is 0 Å². The smallest absolute Gasteiger partial charge is 0.260 e. The molecule has 0 spiro atoms. The Morgan fingerprint density at radius 1 is 1.14 bits per heavy atom. The van der Waals surface area contributed by atoms with E-state index in [1.54, 1.807) is 6.07 Å². The zero-order valence-corrected chi connectivity index (χ0v) is 16.6. The summed E-state index contributed by atoms with van der Waals surface area (Å²) in [6, 6.07) is 8.86. The number of imidazole rings is 1. The summed E-state index contributed by atoms with van der Waals surface area (Å²) in [4.78, 5) is 19.0. The van der Waals surface area contributed by atoms with Crippen molar-refractivity contribution in [1.82, 2.24) is 14.5 Å². The molecule has 0 aliphatic rings. The number of halogens is 3. The molecule has 0 unspecified atom stereocenters. The molecule has 0 saturated heterocycles. The summed E-state index contributed by atoms with van der Waals surface area (Å²) in [5.41, 5.74) is 1.12. The van der Waals surface area contributed by atoms with Gasteiger partial charge in [-0.15, -0.1) is 0 Å². The molecule has 0 bridgehead atoms. The molecule has 1 amide bonds. The Labute approximate surface area is 167 Å². The molecule has 0 aliphatic carbocycles. The van der Waals surface area contributed by atoms with E-state index in [0.29, 0.717) is 30.4 Å². The number of carbonyl (C=O) groups excluding carboxylic acids is 1. The Morgan fingerprint density at radius 3 is 2.50 bits per heavy atom. The maximum Gasteiger partial charge on any atom is 0.260 e. The molecule has 3 aromatic rings. The van der Waals surface area contributed by atoms with E-state index in [2.05, 4.69) is 4.98 Å². The first-order valence-corrected chi connectivity index (χ1v) is 9.72. The van der Waals surface area contributed by atoms with Crippen molar-refractivity contribution in [3.8, 4) is 0 Å². The predicted octanol–water partition coefficient (Wildman–Crippen LogP) is 5.43. The van der Waals surface area contributed by atoms with E-state index >= 15 is 0 Å². The highest BCUT2D eigenvalue weighted by Crippen LogP contribution is 2.23. The second-order valence-corrected chi connectivity index (χ2v) is 7.07. The molecule has 0 aliphatic heterocycles. The number of rotatable bonds is 7. The van der Waals surface area contributed by atoms with Gasteiger partial charge in [-0.2, -0.15) is 0 Å². The van der Waals surface area contributed by atoms with Crippen LogP contribution in [-0.2, 0) is 13.1 Å². The zero-order valence-electron chi connectivity index (χ0n) is 15.9. The van der Waals surface area contributed by atoms with Gasteiger partial charge in [0, 0.05) is 18.1 Å². The molecule has 2 aromatic carbocycles. The maximum absolute atomic E-state index is 14.1. The van der Waals surface area contributed by atoms with E-state index in [0.717, 1.165) is 29.6 Å². The third-order valence-corrected chi connectivity index (χ3v) is 4.76. The van der Waals surface area contributed by atoms with Crippen molar-refractivity contribution < 1.29 is 13.6 Å². The van der Waals surface area contributed by atoms with Crippen LogP contribution < -0.4 is 0 Å². The molecule has 1 aromatic heterocycles. The van der Waals surface area contributed by atoms with Gasteiger partial charge in [0.15, 0.2) is 0 Å². The molecule has 0 atom stereocenters. The van der Waals surface area contributed by atoms with Crippen LogP contribution >= 0.6 is 11.6 Å². The average Bonchev–Trinajstić information content (AvgIpc) is 2.98. The van der Waals surface area contributed by atoms with E-state index in [-0.39, 0.29) is 6.54 Å². The monoisotopic (exact) mass is 405 g/mol. The molecule has 7 heteroatoms. The molecule has 1 heterocycles. The fourth-order valence-electron chi connectivity index (χ4n) is 3.29. The lowest BCUT2D eigenvalue weighted by molar-refractivity contribution is 0.0727. The lowest BCUT2D eigenvalue weighted by Gasteiger charge is -2.23. The van der Waals surface area contributed by atoms with Crippen molar-refractivity contribution in [3.63, 3.8) is 0 Å². The van der Waals surface area contributed by atoms with Crippen molar-refractivity contribution in [2.45, 2.75) is 39.8 Å². The minimum absolute atomic E-state index is 0.159. The Hall–Kier alpha value is -2.47. The summed E-state index contributed by atoms with van der Waals surface area (Å²) < 4.78 is 30.3. The number of benzene rings is 2. The molecule has 0 fully saturated rings. The maximum atomic E-state index is 14.1. The SMILES string of the molecule is CCCN(Cc1nc2ccc(Cl)cc2n1CCC)C(=O)c1c(F)cccc1F. The Kier molecular flexibility index (Phi) is 6.29. The zero-order chi connectivity index (χ0) is 20.3. The van der Waals surface area contributed by atoms with Crippen LogP contribution in [-0.4, -0.2) is 26.9 Å². The number of hydrogen-bond donors (Lipinski definition) is 0. The highest BCUT2D eigenvalue weighted by Gasteiger charge is 2.24. The van der Waals surface area contributed by atoms with Crippen LogP contribution in [0.25, 0.3) is 11.0 Å². The molecule has 28 heavy (non-hydrogen) atoms. The molecule has 148 valence electrons. The first-order chi connectivity index (χ1) is 13.5. The van der Waals surface area contributed by atoms with E-state index in [9.17, 15) is 13.6 Å². The molecular formula is C21H22ClF2N3O. The van der Waals surface area contributed by atoms with Crippen LogP contribution in [0.5, 0.6) is 0 Å². The van der Waals surface area contributed by atoms with Crippen LogP contribution in [0.2, 0.25) is 5.02 Å². The number of fused-ring (bicyclic) bond motifs is 1. The quantitative estimate of drug-likeness (QED) is 0.525. The number of aromatic nitrogens is 2. The number of hydrogen-bond acceptors (Lipinski definition) is 2. The molecule has 0 N–H and O–H groups in total. The van der Waals surface area contributed by atoms with Crippen LogP contribution in [0.4, 0.5) is 8.78 Å². The second-order valence-electron chi connectivity index (χ2n) is 6.64. The minimum atomic E-state index is -0.861. The van der Waals surface area contributed by atoms with Gasteiger partial charge in [0.25, 0.3) is 5.91 Å². The van der Waals surface area contributed by atoms with Crippen molar-refractivity contribution in [1.29, 1.82) is 0 Å². The first-order valence-electron chi connectivity index (χ1n) is 9.34. The molecule has 0 saturated carbocycles. The highest BCUT2D eigenvalue weighted by atomic mass is 35.5. The van der Waals surface area contributed by atoms with Crippen LogP contribution in [0.15, 0.2) is 36.4 Å². The van der Waals surface area contributed by atoms with Crippen LogP contribution in [0.1, 0.15) is 42.9 Å². The summed E-state index contributed by atoms with van der Waals surface area (Å²) in [6.45, 7) is 5.18. The number of nitrogens with zero attached hydrogens (tertiary/aromatic N) is 3. The standard InChI is InChI=1S/C21H22ClF2N3O/c1-3-10-26(21(28)20-15(23)6-5-7-16(20)24)13-19-25-17-9-8-14(22)12-18(17)27(19)11-4-2/h5-9,12H,3-4,10-11,13H2,1-2H3. The number of carbonyl (C=O) groups is 1. The highest BCUT2D eigenvalue weighted by molar-refractivity contribution is 6.31.